The van der Waals surface area contributed by atoms with Crippen LogP contribution in [0.3, 0.4) is 0 Å². The van der Waals surface area contributed by atoms with Crippen molar-refractivity contribution in [3.05, 3.63) is 27.7 Å². The summed E-state index contributed by atoms with van der Waals surface area (Å²) in [5, 5.41) is 6.85. The molecule has 0 saturated carbocycles. The molecule has 4 nitrogen and oxygen atoms in total. The molecular formula is C14H19BrClN3O. The summed E-state index contributed by atoms with van der Waals surface area (Å²) in [4.78, 5) is 14.8. The zero-order valence-corrected chi connectivity index (χ0v) is 14.0. The van der Waals surface area contributed by atoms with Gasteiger partial charge in [0, 0.05) is 35.7 Å². The van der Waals surface area contributed by atoms with E-state index < -0.39 is 5.54 Å². The number of benzene rings is 1. The van der Waals surface area contributed by atoms with Crippen LogP contribution in [0.5, 0.6) is 0 Å². The minimum Gasteiger partial charge on any atom is -0.323 e. The highest BCUT2D eigenvalue weighted by atomic mass is 79.9. The quantitative estimate of drug-likeness (QED) is 0.871. The molecule has 1 heterocycles. The topological polar surface area (TPSA) is 44.4 Å². The average molecular weight is 361 g/mol. The number of carbonyl (C=O) groups excluding carboxylic acids is 1. The van der Waals surface area contributed by atoms with E-state index in [1.54, 1.807) is 12.1 Å². The summed E-state index contributed by atoms with van der Waals surface area (Å²) in [6.07, 6.45) is 0. The minimum absolute atomic E-state index is 0.0256. The number of hydrogen-bond donors (Lipinski definition) is 2. The van der Waals surface area contributed by atoms with Crippen LogP contribution >= 0.6 is 27.5 Å². The van der Waals surface area contributed by atoms with E-state index in [4.69, 9.17) is 11.6 Å². The number of anilines is 1. The zero-order valence-electron chi connectivity index (χ0n) is 11.7. The van der Waals surface area contributed by atoms with Gasteiger partial charge in [0.05, 0.1) is 11.2 Å². The van der Waals surface area contributed by atoms with Gasteiger partial charge in [0.15, 0.2) is 0 Å². The Hall–Kier alpha value is -0.620. The number of carbonyl (C=O) groups is 1. The summed E-state index contributed by atoms with van der Waals surface area (Å²) >= 11 is 9.40. The Morgan fingerprint density at radius 1 is 1.40 bits per heavy atom. The lowest BCUT2D eigenvalue weighted by Crippen LogP contribution is -2.58. The van der Waals surface area contributed by atoms with Crippen LogP contribution in [0.15, 0.2) is 22.7 Å². The van der Waals surface area contributed by atoms with E-state index in [1.807, 2.05) is 19.9 Å². The first kappa shape index (κ1) is 15.8. The summed E-state index contributed by atoms with van der Waals surface area (Å²) in [6, 6.07) is 5.36. The predicted octanol–water partition coefficient (Wildman–Crippen LogP) is 2.72. The summed E-state index contributed by atoms with van der Waals surface area (Å²) < 4.78 is 0.825. The van der Waals surface area contributed by atoms with Gasteiger partial charge in [-0.05, 0) is 48.0 Å². The molecule has 1 saturated heterocycles. The van der Waals surface area contributed by atoms with Crippen LogP contribution in [0.4, 0.5) is 5.69 Å². The molecule has 0 radical (unpaired) electrons. The Labute approximate surface area is 133 Å². The molecule has 1 aliphatic rings. The number of piperazine rings is 1. The van der Waals surface area contributed by atoms with Crippen molar-refractivity contribution in [3.63, 3.8) is 0 Å². The van der Waals surface area contributed by atoms with Crippen LogP contribution in [-0.4, -0.2) is 42.5 Å². The molecule has 1 aromatic rings. The van der Waals surface area contributed by atoms with Gasteiger partial charge in [-0.3, -0.25) is 9.69 Å². The second kappa shape index (κ2) is 6.43. The zero-order chi connectivity index (χ0) is 14.8. The third kappa shape index (κ3) is 3.52. The van der Waals surface area contributed by atoms with E-state index in [-0.39, 0.29) is 5.91 Å². The Kier molecular flexibility index (Phi) is 5.07. The van der Waals surface area contributed by atoms with Crippen molar-refractivity contribution in [1.82, 2.24) is 10.2 Å². The Balaban J connectivity index is 2.11. The molecule has 110 valence electrons. The summed E-state index contributed by atoms with van der Waals surface area (Å²) in [6.45, 7) is 7.47. The first-order valence-corrected chi connectivity index (χ1v) is 7.80. The maximum atomic E-state index is 12.6. The first-order valence-electron chi connectivity index (χ1n) is 6.63. The van der Waals surface area contributed by atoms with E-state index in [0.29, 0.717) is 10.7 Å². The maximum absolute atomic E-state index is 12.6. The highest BCUT2D eigenvalue weighted by Crippen LogP contribution is 2.27. The third-order valence-electron chi connectivity index (χ3n) is 3.64. The molecule has 1 aliphatic heterocycles. The standard InChI is InChI=1S/C14H19BrClN3O/c1-14(2,19-7-5-17-6-8-19)13(20)18-12-9-10(16)3-4-11(12)15/h3-4,9,17H,5-8H2,1-2H3,(H,18,20). The number of rotatable bonds is 3. The summed E-state index contributed by atoms with van der Waals surface area (Å²) in [5.41, 5.74) is 0.148. The smallest absolute Gasteiger partial charge is 0.244 e. The van der Waals surface area contributed by atoms with E-state index in [9.17, 15) is 4.79 Å². The fourth-order valence-electron chi connectivity index (χ4n) is 2.24. The van der Waals surface area contributed by atoms with Gasteiger partial charge in [-0.2, -0.15) is 0 Å². The highest BCUT2D eigenvalue weighted by Gasteiger charge is 2.35. The molecule has 2 N–H and O–H groups in total. The van der Waals surface area contributed by atoms with Gasteiger partial charge in [0.2, 0.25) is 5.91 Å². The normalized spacial score (nSPS) is 17.0. The molecular weight excluding hydrogens is 342 g/mol. The van der Waals surface area contributed by atoms with Crippen LogP contribution < -0.4 is 10.6 Å². The van der Waals surface area contributed by atoms with Crippen LogP contribution in [0.2, 0.25) is 5.02 Å². The third-order valence-corrected chi connectivity index (χ3v) is 4.57. The van der Waals surface area contributed by atoms with E-state index in [2.05, 4.69) is 31.5 Å². The van der Waals surface area contributed by atoms with Gasteiger partial charge in [0.25, 0.3) is 0 Å². The molecule has 6 heteroatoms. The number of nitrogens with zero attached hydrogens (tertiary/aromatic N) is 1. The Bertz CT molecular complexity index is 501. The van der Waals surface area contributed by atoms with Crippen molar-refractivity contribution in [1.29, 1.82) is 0 Å². The molecule has 0 atom stereocenters. The van der Waals surface area contributed by atoms with Gasteiger partial charge in [-0.15, -0.1) is 0 Å². The van der Waals surface area contributed by atoms with Gasteiger partial charge in [0.1, 0.15) is 0 Å². The van der Waals surface area contributed by atoms with E-state index in [0.717, 1.165) is 30.7 Å². The Morgan fingerprint density at radius 3 is 2.70 bits per heavy atom. The molecule has 1 amide bonds. The van der Waals surface area contributed by atoms with Gasteiger partial charge >= 0.3 is 0 Å². The SMILES string of the molecule is CC(C)(C(=O)Nc1cc(Cl)ccc1Br)N1CCNCC1. The van der Waals surface area contributed by atoms with Crippen molar-refractivity contribution < 1.29 is 4.79 Å². The molecule has 20 heavy (non-hydrogen) atoms. The lowest BCUT2D eigenvalue weighted by Gasteiger charge is -2.39. The van der Waals surface area contributed by atoms with Crippen LogP contribution in [-0.2, 0) is 4.79 Å². The summed E-state index contributed by atoms with van der Waals surface area (Å²) in [5.74, 6) is -0.0256. The largest absolute Gasteiger partial charge is 0.323 e. The fourth-order valence-corrected chi connectivity index (χ4v) is 2.75. The number of nitrogens with one attached hydrogen (secondary N) is 2. The monoisotopic (exact) mass is 359 g/mol. The lowest BCUT2D eigenvalue weighted by molar-refractivity contribution is -0.126. The van der Waals surface area contributed by atoms with Crippen molar-refractivity contribution in [2.75, 3.05) is 31.5 Å². The second-order valence-corrected chi connectivity index (χ2v) is 6.67. The molecule has 0 unspecified atom stereocenters. The van der Waals surface area contributed by atoms with Gasteiger partial charge in [-0.1, -0.05) is 11.6 Å². The second-order valence-electron chi connectivity index (χ2n) is 5.37. The summed E-state index contributed by atoms with van der Waals surface area (Å²) in [7, 11) is 0. The molecule has 0 bridgehead atoms. The predicted molar refractivity (Wildman–Crippen MR) is 86.3 cm³/mol. The number of hydrogen-bond acceptors (Lipinski definition) is 3. The first-order chi connectivity index (χ1) is 9.41. The van der Waals surface area contributed by atoms with E-state index >= 15 is 0 Å². The number of amides is 1. The van der Waals surface area contributed by atoms with Crippen LogP contribution in [0, 0.1) is 0 Å². The van der Waals surface area contributed by atoms with Crippen molar-refractivity contribution in [2.45, 2.75) is 19.4 Å². The average Bonchev–Trinajstić information content (AvgIpc) is 2.43. The van der Waals surface area contributed by atoms with Crippen LogP contribution in [0.25, 0.3) is 0 Å². The van der Waals surface area contributed by atoms with Crippen molar-refractivity contribution in [3.8, 4) is 0 Å². The molecule has 0 aliphatic carbocycles. The van der Waals surface area contributed by atoms with Gasteiger partial charge < -0.3 is 10.6 Å². The minimum atomic E-state index is -0.552. The molecule has 2 rings (SSSR count). The molecule has 1 aromatic carbocycles. The van der Waals surface area contributed by atoms with Crippen LogP contribution in [0.1, 0.15) is 13.8 Å². The van der Waals surface area contributed by atoms with Crippen molar-refractivity contribution in [2.24, 2.45) is 0 Å². The maximum Gasteiger partial charge on any atom is 0.244 e. The molecule has 1 fully saturated rings. The Morgan fingerprint density at radius 2 is 2.05 bits per heavy atom. The van der Waals surface area contributed by atoms with Gasteiger partial charge in [-0.25, -0.2) is 0 Å². The molecule has 0 aromatic heterocycles. The molecule has 0 spiro atoms. The van der Waals surface area contributed by atoms with E-state index in [1.165, 1.54) is 0 Å². The fraction of sp³-hybridized carbons (Fsp3) is 0.500. The van der Waals surface area contributed by atoms with Crippen molar-refractivity contribution >= 4 is 39.1 Å². The number of halogens is 2. The lowest BCUT2D eigenvalue weighted by atomic mass is 10.0. The highest BCUT2D eigenvalue weighted by molar-refractivity contribution is 9.10.